The summed E-state index contributed by atoms with van der Waals surface area (Å²) in [4.78, 5) is -0.924. The van der Waals surface area contributed by atoms with Gasteiger partial charge in [-0.1, -0.05) is 32.3 Å². The fourth-order valence-electron chi connectivity index (χ4n) is 1.89. The minimum atomic E-state index is -4.92. The number of sulfonamides is 1. The molecule has 0 heterocycles. The summed E-state index contributed by atoms with van der Waals surface area (Å²) >= 11 is 0. The predicted octanol–water partition coefficient (Wildman–Crippen LogP) is 2.59. The van der Waals surface area contributed by atoms with Gasteiger partial charge in [-0.2, -0.15) is 8.42 Å². The Morgan fingerprint density at radius 1 is 1.14 bits per heavy atom. The average molecular weight is 337 g/mol. The molecule has 5 nitrogen and oxygen atoms in total. The molecule has 1 rings (SSSR count). The minimum Gasteiger partial charge on any atom is -0.208 e. The van der Waals surface area contributed by atoms with Crippen LogP contribution < -0.4 is 4.72 Å². The van der Waals surface area contributed by atoms with Crippen LogP contribution in [0.1, 0.15) is 39.5 Å². The van der Waals surface area contributed by atoms with Crippen molar-refractivity contribution < 1.29 is 20.7 Å². The summed E-state index contributed by atoms with van der Waals surface area (Å²) in [6, 6.07) is 3.99. The molecule has 0 bridgehead atoms. The number of rotatable bonds is 8. The van der Waals surface area contributed by atoms with Crippen molar-refractivity contribution in [2.24, 2.45) is 0 Å². The normalized spacial score (nSPS) is 14.0. The second-order valence-corrected chi connectivity index (χ2v) is 7.99. The first-order valence-electron chi connectivity index (χ1n) is 6.74. The molecule has 0 saturated carbocycles. The van der Waals surface area contributed by atoms with Crippen molar-refractivity contribution in [2.75, 3.05) is 0 Å². The Labute approximate surface area is 125 Å². The van der Waals surface area contributed by atoms with Crippen LogP contribution >= 0.6 is 0 Å². The van der Waals surface area contributed by atoms with Gasteiger partial charge in [-0.25, -0.2) is 13.1 Å². The lowest BCUT2D eigenvalue weighted by Crippen LogP contribution is -2.32. The molecule has 0 aliphatic carbocycles. The highest BCUT2D eigenvalue weighted by Crippen LogP contribution is 2.18. The van der Waals surface area contributed by atoms with Gasteiger partial charge in [0.1, 0.15) is 0 Å². The Balaban J connectivity index is 2.88. The van der Waals surface area contributed by atoms with Crippen LogP contribution in [0.3, 0.4) is 0 Å². The van der Waals surface area contributed by atoms with Gasteiger partial charge in [0.05, 0.1) is 9.79 Å². The average Bonchev–Trinajstić information content (AvgIpc) is 2.37. The first kappa shape index (κ1) is 18.1. The van der Waals surface area contributed by atoms with Crippen LogP contribution in [-0.2, 0) is 20.2 Å². The van der Waals surface area contributed by atoms with Crippen molar-refractivity contribution in [3.8, 4) is 0 Å². The van der Waals surface area contributed by atoms with Crippen LogP contribution in [0.4, 0.5) is 3.89 Å². The number of hydrogen-bond acceptors (Lipinski definition) is 4. The third-order valence-corrected chi connectivity index (χ3v) is 5.40. The maximum atomic E-state index is 12.9. The highest BCUT2D eigenvalue weighted by Gasteiger charge is 2.20. The van der Waals surface area contributed by atoms with Gasteiger partial charge in [0.25, 0.3) is 0 Å². The lowest BCUT2D eigenvalue weighted by molar-refractivity contribution is 0.527. The molecule has 1 atom stereocenters. The van der Waals surface area contributed by atoms with Gasteiger partial charge in [-0.15, -0.1) is 3.89 Å². The highest BCUT2D eigenvalue weighted by molar-refractivity contribution is 7.89. The third kappa shape index (κ3) is 5.72. The van der Waals surface area contributed by atoms with E-state index in [-0.39, 0.29) is 10.9 Å². The zero-order chi connectivity index (χ0) is 16.1. The second-order valence-electron chi connectivity index (χ2n) is 4.93. The highest BCUT2D eigenvalue weighted by atomic mass is 32.3. The van der Waals surface area contributed by atoms with Crippen LogP contribution in [0.25, 0.3) is 0 Å². The van der Waals surface area contributed by atoms with Crippen LogP contribution in [-0.4, -0.2) is 22.9 Å². The Bertz CT molecular complexity index is 671. The van der Waals surface area contributed by atoms with Gasteiger partial charge in [0, 0.05) is 6.04 Å². The minimum absolute atomic E-state index is 0.261. The van der Waals surface area contributed by atoms with Gasteiger partial charge in [-0.05, 0) is 31.5 Å². The number of hydrogen-bond donors (Lipinski definition) is 1. The smallest absolute Gasteiger partial charge is 0.208 e. The molecule has 1 unspecified atom stereocenters. The van der Waals surface area contributed by atoms with E-state index in [1.54, 1.807) is 6.92 Å². The predicted molar refractivity (Wildman–Crippen MR) is 78.7 cm³/mol. The number of benzene rings is 1. The van der Waals surface area contributed by atoms with E-state index in [4.69, 9.17) is 0 Å². The summed E-state index contributed by atoms with van der Waals surface area (Å²) in [6.07, 6.45) is 3.64. The molecule has 0 saturated heterocycles. The summed E-state index contributed by atoms with van der Waals surface area (Å²) in [5.74, 6) is 0. The summed E-state index contributed by atoms with van der Waals surface area (Å²) < 4.78 is 61.3. The van der Waals surface area contributed by atoms with E-state index in [2.05, 4.69) is 11.6 Å². The molecule has 120 valence electrons. The molecule has 1 aromatic rings. The first-order chi connectivity index (χ1) is 9.66. The number of nitrogens with one attached hydrogen (secondary N) is 1. The van der Waals surface area contributed by atoms with Gasteiger partial charge < -0.3 is 0 Å². The van der Waals surface area contributed by atoms with E-state index < -0.39 is 25.1 Å². The largest absolute Gasteiger partial charge is 0.332 e. The summed E-state index contributed by atoms with van der Waals surface area (Å²) in [5.41, 5.74) is 0. The van der Waals surface area contributed by atoms with Crippen molar-refractivity contribution in [2.45, 2.75) is 55.4 Å². The van der Waals surface area contributed by atoms with Crippen molar-refractivity contribution >= 4 is 20.2 Å². The summed E-state index contributed by atoms with van der Waals surface area (Å²) in [5, 5.41) is 0. The molecular weight excluding hydrogens is 317 g/mol. The molecule has 0 radical (unpaired) electrons. The van der Waals surface area contributed by atoms with Crippen molar-refractivity contribution in [3.63, 3.8) is 0 Å². The van der Waals surface area contributed by atoms with Gasteiger partial charge >= 0.3 is 10.2 Å². The Kier molecular flexibility index (Phi) is 6.30. The molecule has 0 aliphatic rings. The van der Waals surface area contributed by atoms with E-state index in [1.165, 1.54) is 12.1 Å². The zero-order valence-electron chi connectivity index (χ0n) is 12.0. The number of halogens is 1. The van der Waals surface area contributed by atoms with E-state index in [1.807, 2.05) is 0 Å². The molecule has 1 N–H and O–H groups in total. The third-order valence-electron chi connectivity index (χ3n) is 2.99. The standard InChI is InChI=1S/C13H20FNO4S2/c1-3-4-5-7-11(2)15-21(18,19)13-9-6-8-12(10-13)20(14,16)17/h6,8-11,15H,3-5,7H2,1-2H3. The van der Waals surface area contributed by atoms with Crippen LogP contribution in [0.5, 0.6) is 0 Å². The van der Waals surface area contributed by atoms with Crippen LogP contribution in [0, 0.1) is 0 Å². The van der Waals surface area contributed by atoms with Gasteiger partial charge in [0.2, 0.25) is 10.0 Å². The van der Waals surface area contributed by atoms with Crippen molar-refractivity contribution in [3.05, 3.63) is 24.3 Å². The monoisotopic (exact) mass is 337 g/mol. The fraction of sp³-hybridized carbons (Fsp3) is 0.538. The Hall–Kier alpha value is -0.990. The summed E-state index contributed by atoms with van der Waals surface area (Å²) in [7, 11) is -8.78. The van der Waals surface area contributed by atoms with Gasteiger partial charge in [-0.3, -0.25) is 0 Å². The maximum Gasteiger partial charge on any atom is 0.332 e. The summed E-state index contributed by atoms with van der Waals surface area (Å²) in [6.45, 7) is 3.79. The Morgan fingerprint density at radius 2 is 1.76 bits per heavy atom. The molecular formula is C13H20FNO4S2. The zero-order valence-corrected chi connectivity index (χ0v) is 13.7. The molecule has 21 heavy (non-hydrogen) atoms. The maximum absolute atomic E-state index is 12.9. The fourth-order valence-corrected chi connectivity index (χ4v) is 3.79. The van der Waals surface area contributed by atoms with E-state index in [0.29, 0.717) is 6.42 Å². The number of unbranched alkanes of at least 4 members (excludes halogenated alkanes) is 2. The van der Waals surface area contributed by atoms with Gasteiger partial charge in [0.15, 0.2) is 0 Å². The van der Waals surface area contributed by atoms with E-state index in [9.17, 15) is 20.7 Å². The van der Waals surface area contributed by atoms with Crippen LogP contribution in [0.2, 0.25) is 0 Å². The van der Waals surface area contributed by atoms with Crippen LogP contribution in [0.15, 0.2) is 34.1 Å². The van der Waals surface area contributed by atoms with E-state index in [0.717, 1.165) is 31.4 Å². The SMILES string of the molecule is CCCCCC(C)NS(=O)(=O)c1cccc(S(=O)(=O)F)c1. The second kappa shape index (κ2) is 7.33. The Morgan fingerprint density at radius 3 is 2.33 bits per heavy atom. The quantitative estimate of drug-likeness (QED) is 0.584. The molecule has 0 spiro atoms. The van der Waals surface area contributed by atoms with E-state index >= 15 is 0 Å². The topological polar surface area (TPSA) is 80.3 Å². The lowest BCUT2D eigenvalue weighted by Gasteiger charge is -2.14. The van der Waals surface area contributed by atoms with Crippen molar-refractivity contribution in [1.29, 1.82) is 0 Å². The lowest BCUT2D eigenvalue weighted by atomic mass is 10.1. The molecule has 0 aromatic heterocycles. The molecule has 0 fully saturated rings. The first-order valence-corrected chi connectivity index (χ1v) is 9.60. The molecule has 0 aliphatic heterocycles. The van der Waals surface area contributed by atoms with Crippen molar-refractivity contribution in [1.82, 2.24) is 4.72 Å². The molecule has 8 heteroatoms. The molecule has 1 aromatic carbocycles. The molecule has 0 amide bonds.